The first kappa shape index (κ1) is 10.2. The molecule has 2 saturated carbocycles. The molecule has 1 radical (unpaired) electrons. The van der Waals surface area contributed by atoms with Crippen molar-refractivity contribution in [3.63, 3.8) is 0 Å². The molecule has 2 bridgehead atoms. The SMILES string of the molecule is CC12[CH-]CC(CC1)C2(C)C.[Y]. The van der Waals surface area contributed by atoms with Gasteiger partial charge in [-0.1, -0.05) is 44.9 Å². The van der Waals surface area contributed by atoms with E-state index in [9.17, 15) is 0 Å². The smallest absolute Gasteiger partial charge is 0 e. The van der Waals surface area contributed by atoms with Crippen LogP contribution in [0, 0.1) is 23.2 Å². The third kappa shape index (κ3) is 1.17. The van der Waals surface area contributed by atoms with Crippen LogP contribution in [0.5, 0.6) is 0 Å². The number of rotatable bonds is 0. The van der Waals surface area contributed by atoms with Gasteiger partial charge in [-0.2, -0.15) is 11.8 Å². The van der Waals surface area contributed by atoms with Gasteiger partial charge in [0, 0.05) is 32.7 Å². The van der Waals surface area contributed by atoms with Crippen LogP contribution in [0.2, 0.25) is 0 Å². The van der Waals surface area contributed by atoms with Crippen molar-refractivity contribution in [2.24, 2.45) is 16.7 Å². The zero-order valence-electron chi connectivity index (χ0n) is 7.85. The van der Waals surface area contributed by atoms with Crippen LogP contribution in [0.15, 0.2) is 0 Å². The van der Waals surface area contributed by atoms with Gasteiger partial charge in [-0.15, -0.1) is 0 Å². The Labute approximate surface area is 95.4 Å². The molecule has 2 fully saturated rings. The molecule has 11 heavy (non-hydrogen) atoms. The number of fused-ring (bicyclic) bond motifs is 2. The summed E-state index contributed by atoms with van der Waals surface area (Å²) in [6, 6.07) is 0. The molecule has 0 heterocycles. The Morgan fingerprint density at radius 2 is 1.91 bits per heavy atom. The van der Waals surface area contributed by atoms with Crippen LogP contribution in [-0.2, 0) is 32.7 Å². The molecule has 0 aliphatic heterocycles. The Morgan fingerprint density at radius 3 is 2.00 bits per heavy atom. The second-order valence-corrected chi connectivity index (χ2v) is 4.81. The van der Waals surface area contributed by atoms with E-state index in [0.717, 1.165) is 5.92 Å². The van der Waals surface area contributed by atoms with Crippen LogP contribution in [0.3, 0.4) is 0 Å². The van der Waals surface area contributed by atoms with Crippen molar-refractivity contribution in [1.29, 1.82) is 0 Å². The van der Waals surface area contributed by atoms with Crippen LogP contribution in [0.1, 0.15) is 40.0 Å². The van der Waals surface area contributed by atoms with Crippen LogP contribution in [0.25, 0.3) is 0 Å². The van der Waals surface area contributed by atoms with Gasteiger partial charge in [-0.3, -0.25) is 0 Å². The van der Waals surface area contributed by atoms with Gasteiger partial charge in [-0.25, -0.2) is 0 Å². The predicted molar refractivity (Wildman–Crippen MR) is 43.5 cm³/mol. The predicted octanol–water partition coefficient (Wildman–Crippen LogP) is 3.03. The van der Waals surface area contributed by atoms with E-state index in [0.29, 0.717) is 10.8 Å². The molecule has 0 saturated heterocycles. The van der Waals surface area contributed by atoms with E-state index in [-0.39, 0.29) is 32.7 Å². The maximum atomic E-state index is 2.56. The zero-order chi connectivity index (χ0) is 7.41. The maximum absolute atomic E-state index is 2.56. The number of hydrogen-bond acceptors (Lipinski definition) is 0. The minimum Gasteiger partial charge on any atom is -0.322 e. The quantitative estimate of drug-likeness (QED) is 0.557. The average molecular weight is 226 g/mol. The molecule has 0 nitrogen and oxygen atoms in total. The Morgan fingerprint density at radius 1 is 1.27 bits per heavy atom. The van der Waals surface area contributed by atoms with E-state index in [1.807, 2.05) is 0 Å². The van der Waals surface area contributed by atoms with Crippen LogP contribution in [-0.4, -0.2) is 0 Å². The Hall–Kier alpha value is 1.10. The summed E-state index contributed by atoms with van der Waals surface area (Å²) in [5.41, 5.74) is 1.19. The topological polar surface area (TPSA) is 0 Å². The van der Waals surface area contributed by atoms with Crippen LogP contribution in [0.4, 0.5) is 0 Å². The molecule has 0 N–H and O–H groups in total. The Balaban J connectivity index is 0.000000605. The molecular formula is C10H17Y-. The summed E-state index contributed by atoms with van der Waals surface area (Å²) >= 11 is 0. The minimum atomic E-state index is 0. The van der Waals surface area contributed by atoms with Gasteiger partial charge in [0.25, 0.3) is 0 Å². The molecule has 0 spiro atoms. The first-order chi connectivity index (χ1) is 4.56. The van der Waals surface area contributed by atoms with Gasteiger partial charge in [-0.05, 0) is 0 Å². The molecule has 2 rings (SSSR count). The maximum Gasteiger partial charge on any atom is 0 e. The molecule has 1 heteroatoms. The van der Waals surface area contributed by atoms with E-state index < -0.39 is 0 Å². The molecule has 2 aliphatic rings. The Bertz CT molecular complexity index is 150. The van der Waals surface area contributed by atoms with Crippen LogP contribution >= 0.6 is 0 Å². The molecule has 0 amide bonds. The van der Waals surface area contributed by atoms with E-state index in [1.54, 1.807) is 0 Å². The normalized spacial score (nSPS) is 45.5. The van der Waals surface area contributed by atoms with Crippen molar-refractivity contribution in [3.8, 4) is 0 Å². The van der Waals surface area contributed by atoms with Gasteiger partial charge in [0.05, 0.1) is 0 Å². The van der Waals surface area contributed by atoms with Crippen molar-refractivity contribution >= 4 is 0 Å². The van der Waals surface area contributed by atoms with Gasteiger partial charge in [0.2, 0.25) is 0 Å². The van der Waals surface area contributed by atoms with Crippen molar-refractivity contribution in [1.82, 2.24) is 0 Å². The molecule has 2 aliphatic carbocycles. The van der Waals surface area contributed by atoms with Crippen molar-refractivity contribution in [2.75, 3.05) is 0 Å². The monoisotopic (exact) mass is 226 g/mol. The minimum absolute atomic E-state index is 0. The fourth-order valence-corrected chi connectivity index (χ4v) is 2.80. The van der Waals surface area contributed by atoms with E-state index in [1.165, 1.54) is 19.3 Å². The largest absolute Gasteiger partial charge is 0.322 e. The number of hydrogen-bond donors (Lipinski definition) is 0. The summed E-state index contributed by atoms with van der Waals surface area (Å²) in [6.07, 6.45) is 6.84. The third-order valence-electron chi connectivity index (χ3n) is 4.36. The summed E-state index contributed by atoms with van der Waals surface area (Å²) < 4.78 is 0. The van der Waals surface area contributed by atoms with E-state index >= 15 is 0 Å². The van der Waals surface area contributed by atoms with E-state index in [2.05, 4.69) is 27.2 Å². The summed E-state index contributed by atoms with van der Waals surface area (Å²) in [5.74, 6) is 0.998. The summed E-state index contributed by atoms with van der Waals surface area (Å²) in [6.45, 7) is 7.31. The zero-order valence-corrected chi connectivity index (χ0v) is 10.7. The van der Waals surface area contributed by atoms with Gasteiger partial charge >= 0.3 is 0 Å². The first-order valence-electron chi connectivity index (χ1n) is 4.41. The van der Waals surface area contributed by atoms with Gasteiger partial charge in [0.15, 0.2) is 0 Å². The van der Waals surface area contributed by atoms with Gasteiger partial charge < -0.3 is 6.42 Å². The first-order valence-corrected chi connectivity index (χ1v) is 4.41. The average Bonchev–Trinajstić information content (AvgIpc) is 2.18. The molecule has 0 aromatic heterocycles. The Kier molecular flexibility index (Phi) is 2.60. The standard InChI is InChI=1S/C10H17.Y/c1-9(2)8-4-6-10(9,3)7-5-8;/h6,8H,4-5,7H2,1-3H3;/q-1;. The molecule has 2 atom stereocenters. The fraction of sp³-hybridized carbons (Fsp3) is 0.900. The van der Waals surface area contributed by atoms with E-state index in [4.69, 9.17) is 0 Å². The fourth-order valence-electron chi connectivity index (χ4n) is 2.80. The molecule has 2 unspecified atom stereocenters. The summed E-state index contributed by atoms with van der Waals surface area (Å²) in [5, 5.41) is 0. The van der Waals surface area contributed by atoms with Crippen molar-refractivity contribution < 1.29 is 32.7 Å². The molecule has 0 aromatic rings. The molecule has 61 valence electrons. The van der Waals surface area contributed by atoms with Crippen molar-refractivity contribution in [2.45, 2.75) is 40.0 Å². The summed E-state index contributed by atoms with van der Waals surface area (Å²) in [4.78, 5) is 0. The molecule has 0 aromatic carbocycles. The third-order valence-corrected chi connectivity index (χ3v) is 4.36. The summed E-state index contributed by atoms with van der Waals surface area (Å²) in [7, 11) is 0. The van der Waals surface area contributed by atoms with Gasteiger partial charge in [0.1, 0.15) is 0 Å². The second kappa shape index (κ2) is 2.80. The molecular weight excluding hydrogens is 209 g/mol. The van der Waals surface area contributed by atoms with Crippen molar-refractivity contribution in [3.05, 3.63) is 6.42 Å². The second-order valence-electron chi connectivity index (χ2n) is 4.81. The van der Waals surface area contributed by atoms with Crippen LogP contribution < -0.4 is 0 Å².